The van der Waals surface area contributed by atoms with E-state index in [1.807, 2.05) is 0 Å². The summed E-state index contributed by atoms with van der Waals surface area (Å²) in [5, 5.41) is 30.4. The fourth-order valence-corrected chi connectivity index (χ4v) is 1.31. The first-order chi connectivity index (χ1) is 6.99. The van der Waals surface area contributed by atoms with Crippen LogP contribution < -0.4 is 4.73 Å². The second-order valence-corrected chi connectivity index (χ2v) is 2.77. The molecule has 1 aromatic heterocycles. The maximum absolute atomic E-state index is 11.1. The molecule has 0 bridgehead atoms. The number of rotatable bonds is 3. The molecule has 0 radical (unpaired) electrons. The molecule has 1 rings (SSSR count). The second-order valence-electron chi connectivity index (χ2n) is 2.77. The molecule has 0 spiro atoms. The Morgan fingerprint density at radius 2 is 2.27 bits per heavy atom. The quantitative estimate of drug-likeness (QED) is 0.339. The Kier molecular flexibility index (Phi) is 2.84. The van der Waals surface area contributed by atoms with E-state index in [2.05, 4.69) is 0 Å². The van der Waals surface area contributed by atoms with Gasteiger partial charge in [-0.1, -0.05) is 6.92 Å². The van der Waals surface area contributed by atoms with Gasteiger partial charge in [0.05, 0.1) is 11.0 Å². The summed E-state index contributed by atoms with van der Waals surface area (Å²) in [6.45, 7) is 1.55. The van der Waals surface area contributed by atoms with Crippen LogP contribution >= 0.6 is 0 Å². The van der Waals surface area contributed by atoms with Crippen molar-refractivity contribution in [2.24, 2.45) is 0 Å². The zero-order valence-electron chi connectivity index (χ0n) is 7.84. The van der Waals surface area contributed by atoms with E-state index in [1.54, 1.807) is 6.92 Å². The van der Waals surface area contributed by atoms with Gasteiger partial charge in [0.15, 0.2) is 6.20 Å². The highest BCUT2D eigenvalue weighted by atomic mass is 16.6. The van der Waals surface area contributed by atoms with Crippen LogP contribution in [0.1, 0.15) is 23.0 Å². The van der Waals surface area contributed by atoms with Gasteiger partial charge in [0, 0.05) is 0 Å². The molecule has 0 aliphatic carbocycles. The van der Waals surface area contributed by atoms with Crippen LogP contribution in [-0.4, -0.2) is 16.0 Å². The Bertz CT molecular complexity index is 429. The maximum atomic E-state index is 11.1. The lowest BCUT2D eigenvalue weighted by molar-refractivity contribution is -0.609. The van der Waals surface area contributed by atoms with Gasteiger partial charge in [-0.3, -0.25) is 10.1 Å². The lowest BCUT2D eigenvalue weighted by Crippen LogP contribution is -2.36. The Balaban J connectivity index is 3.54. The first-order valence-corrected chi connectivity index (χ1v) is 4.11. The first kappa shape index (κ1) is 10.9. The largest absolute Gasteiger partial charge is 0.618 e. The van der Waals surface area contributed by atoms with Crippen molar-refractivity contribution in [3.8, 4) is 0 Å². The summed E-state index contributed by atoms with van der Waals surface area (Å²) in [5.74, 6) is -1.47. The minimum absolute atomic E-state index is 0.0648. The summed E-state index contributed by atoms with van der Waals surface area (Å²) in [5.41, 5.74) is -1.00. The number of nitro groups is 1. The number of carbonyl (C=O) groups is 1. The van der Waals surface area contributed by atoms with E-state index < -0.39 is 16.6 Å². The molecule has 1 heterocycles. The summed E-state index contributed by atoms with van der Waals surface area (Å²) in [6.07, 6.45) is 0.932. The molecule has 0 aliphatic rings. The van der Waals surface area contributed by atoms with Crippen molar-refractivity contribution in [2.45, 2.75) is 13.3 Å². The summed E-state index contributed by atoms with van der Waals surface area (Å²) >= 11 is 0. The molecule has 0 saturated heterocycles. The molecule has 0 fully saturated rings. The number of aromatic nitrogens is 1. The third kappa shape index (κ3) is 1.85. The molecule has 7 heteroatoms. The van der Waals surface area contributed by atoms with E-state index in [-0.39, 0.29) is 22.4 Å². The smallest absolute Gasteiger partial charge is 0.403 e. The molecule has 0 amide bonds. The third-order valence-electron chi connectivity index (χ3n) is 1.94. The standard InChI is InChI=1S/C8H8N2O5/c1-2-5-6(10(14)15)3-4-9(13)7(5)8(11)12/h3-4H,2H2,1H3,(H,11,12). The zero-order chi connectivity index (χ0) is 11.6. The van der Waals surface area contributed by atoms with Crippen molar-refractivity contribution in [3.05, 3.63) is 38.8 Å². The zero-order valence-corrected chi connectivity index (χ0v) is 7.84. The highest BCUT2D eigenvalue weighted by molar-refractivity contribution is 5.86. The molecule has 80 valence electrons. The van der Waals surface area contributed by atoms with Gasteiger partial charge in [0.2, 0.25) is 0 Å². The fraction of sp³-hybridized carbons (Fsp3) is 0.250. The Labute approximate surface area is 84.3 Å². The molecule has 0 aromatic carbocycles. The van der Waals surface area contributed by atoms with E-state index in [0.717, 1.165) is 12.3 Å². The number of carboxylic acids is 1. The molecule has 0 unspecified atom stereocenters. The highest BCUT2D eigenvalue weighted by Crippen LogP contribution is 2.19. The summed E-state index contributed by atoms with van der Waals surface area (Å²) < 4.78 is 0.119. The van der Waals surface area contributed by atoms with Gasteiger partial charge in [-0.05, 0) is 6.42 Å². The number of pyridine rings is 1. The van der Waals surface area contributed by atoms with Gasteiger partial charge < -0.3 is 10.3 Å². The predicted molar refractivity (Wildman–Crippen MR) is 48.4 cm³/mol. The van der Waals surface area contributed by atoms with Crippen molar-refractivity contribution in [2.75, 3.05) is 0 Å². The minimum atomic E-state index is -1.47. The van der Waals surface area contributed by atoms with Gasteiger partial charge in [-0.25, -0.2) is 4.79 Å². The van der Waals surface area contributed by atoms with E-state index in [4.69, 9.17) is 5.11 Å². The van der Waals surface area contributed by atoms with Crippen LogP contribution in [0.25, 0.3) is 0 Å². The van der Waals surface area contributed by atoms with Gasteiger partial charge in [0.1, 0.15) is 5.56 Å². The molecule has 7 nitrogen and oxygen atoms in total. The Morgan fingerprint density at radius 3 is 2.67 bits per heavy atom. The van der Waals surface area contributed by atoms with E-state index in [1.165, 1.54) is 0 Å². The molecule has 1 N–H and O–H groups in total. The average Bonchev–Trinajstić information content (AvgIpc) is 2.15. The number of aromatic carboxylic acids is 1. The van der Waals surface area contributed by atoms with Crippen LogP contribution in [0.3, 0.4) is 0 Å². The maximum Gasteiger partial charge on any atom is 0.403 e. The van der Waals surface area contributed by atoms with Gasteiger partial charge >= 0.3 is 11.7 Å². The van der Waals surface area contributed by atoms with Crippen molar-refractivity contribution in [1.82, 2.24) is 0 Å². The fourth-order valence-electron chi connectivity index (χ4n) is 1.31. The van der Waals surface area contributed by atoms with Crippen LogP contribution in [0.15, 0.2) is 12.3 Å². The van der Waals surface area contributed by atoms with E-state index in [9.17, 15) is 20.1 Å². The lowest BCUT2D eigenvalue weighted by Gasteiger charge is -2.04. The van der Waals surface area contributed by atoms with Crippen LogP contribution in [0.2, 0.25) is 0 Å². The van der Waals surface area contributed by atoms with Crippen LogP contribution in [0.5, 0.6) is 0 Å². The summed E-state index contributed by atoms with van der Waals surface area (Å²) in [4.78, 5) is 20.6. The number of carboxylic acid groups (broad SMARTS) is 1. The van der Waals surface area contributed by atoms with E-state index in [0.29, 0.717) is 0 Å². The first-order valence-electron chi connectivity index (χ1n) is 4.11. The van der Waals surface area contributed by atoms with Gasteiger partial charge in [-0.2, -0.15) is 4.73 Å². The van der Waals surface area contributed by atoms with Crippen LogP contribution in [0.4, 0.5) is 5.69 Å². The molecule has 0 saturated carbocycles. The normalized spacial score (nSPS) is 9.93. The van der Waals surface area contributed by atoms with Crippen LogP contribution in [0, 0.1) is 15.3 Å². The van der Waals surface area contributed by atoms with E-state index >= 15 is 0 Å². The predicted octanol–water partition coefficient (Wildman–Crippen LogP) is 0.489. The Morgan fingerprint density at radius 1 is 1.67 bits per heavy atom. The second kappa shape index (κ2) is 3.91. The van der Waals surface area contributed by atoms with Crippen molar-refractivity contribution >= 4 is 11.7 Å². The molecular weight excluding hydrogens is 204 g/mol. The third-order valence-corrected chi connectivity index (χ3v) is 1.94. The van der Waals surface area contributed by atoms with Crippen molar-refractivity contribution < 1.29 is 19.6 Å². The number of hydrogen-bond donors (Lipinski definition) is 1. The highest BCUT2D eigenvalue weighted by Gasteiger charge is 2.28. The van der Waals surface area contributed by atoms with Crippen LogP contribution in [-0.2, 0) is 6.42 Å². The van der Waals surface area contributed by atoms with Crippen molar-refractivity contribution in [3.63, 3.8) is 0 Å². The number of nitrogens with zero attached hydrogens (tertiary/aromatic N) is 2. The molecule has 15 heavy (non-hydrogen) atoms. The lowest BCUT2D eigenvalue weighted by atomic mass is 10.1. The topological polar surface area (TPSA) is 107 Å². The van der Waals surface area contributed by atoms with Gasteiger partial charge in [0.25, 0.3) is 5.69 Å². The molecule has 0 atom stereocenters. The molecular formula is C8H8N2O5. The molecule has 0 aliphatic heterocycles. The van der Waals surface area contributed by atoms with Crippen molar-refractivity contribution in [1.29, 1.82) is 0 Å². The summed E-state index contributed by atoms with van der Waals surface area (Å²) in [7, 11) is 0. The SMILES string of the molecule is CCc1c([N+](=O)[O-])cc[n+]([O-])c1C(=O)O. The average molecular weight is 212 g/mol. The Hall–Kier alpha value is -2.18. The monoisotopic (exact) mass is 212 g/mol. The number of hydrogen-bond acceptors (Lipinski definition) is 4. The van der Waals surface area contributed by atoms with Gasteiger partial charge in [-0.15, -0.1) is 0 Å². The molecule has 1 aromatic rings. The minimum Gasteiger partial charge on any atom is -0.618 e. The summed E-state index contributed by atoms with van der Waals surface area (Å²) in [6, 6.07) is 0.998.